The first-order valence-electron chi connectivity index (χ1n) is 13.5. The molecule has 208 valence electrons. The predicted octanol–water partition coefficient (Wildman–Crippen LogP) is 3.98. The Balaban J connectivity index is 1.41. The average Bonchev–Trinajstić information content (AvgIpc) is 3.00. The molecule has 9 nitrogen and oxygen atoms in total. The van der Waals surface area contributed by atoms with E-state index < -0.39 is 0 Å². The molecule has 0 aliphatic carbocycles. The zero-order chi connectivity index (χ0) is 28.5. The Hall–Kier alpha value is -4.42. The minimum absolute atomic E-state index is 0.0443. The summed E-state index contributed by atoms with van der Waals surface area (Å²) in [7, 11) is 3.27. The van der Waals surface area contributed by atoms with Gasteiger partial charge in [0.15, 0.2) is 0 Å². The van der Waals surface area contributed by atoms with Crippen molar-refractivity contribution in [2.45, 2.75) is 19.3 Å². The minimum Gasteiger partial charge on any atom is -0.495 e. The number of carbonyl (C=O) groups excluding carboxylic acids is 2. The number of nitrogens with zero attached hydrogens (tertiary/aromatic N) is 3. The van der Waals surface area contributed by atoms with Crippen molar-refractivity contribution in [1.82, 2.24) is 20.5 Å². The highest BCUT2D eigenvalue weighted by Crippen LogP contribution is 2.35. The van der Waals surface area contributed by atoms with Gasteiger partial charge in [0.25, 0.3) is 5.91 Å². The Bertz CT molecular complexity index is 1420. The molecule has 0 saturated carbocycles. The minimum atomic E-state index is -0.196. The SMILES string of the molecule is C=C(C#N)CNc1c(OC)ccc2ccc(-c3cccc(C(=O)NCCC4CCN(CC(=O)NC)CC4)n3)cc12. The summed E-state index contributed by atoms with van der Waals surface area (Å²) in [5, 5.41) is 20.0. The smallest absolute Gasteiger partial charge is 0.269 e. The van der Waals surface area contributed by atoms with Crippen molar-refractivity contribution in [3.8, 4) is 23.1 Å². The van der Waals surface area contributed by atoms with E-state index in [0.717, 1.165) is 54.4 Å². The fraction of sp³-hybridized carbons (Fsp3) is 0.355. The number of anilines is 1. The van der Waals surface area contributed by atoms with Gasteiger partial charge in [-0.1, -0.05) is 30.8 Å². The highest BCUT2D eigenvalue weighted by molar-refractivity contribution is 5.99. The highest BCUT2D eigenvalue weighted by atomic mass is 16.5. The van der Waals surface area contributed by atoms with Crippen LogP contribution in [-0.2, 0) is 4.79 Å². The Morgan fingerprint density at radius 2 is 1.95 bits per heavy atom. The lowest BCUT2D eigenvalue weighted by atomic mass is 9.93. The molecule has 0 spiro atoms. The van der Waals surface area contributed by atoms with Gasteiger partial charge in [0.2, 0.25) is 5.91 Å². The average molecular weight is 541 g/mol. The third-order valence-electron chi connectivity index (χ3n) is 7.31. The zero-order valence-corrected chi connectivity index (χ0v) is 23.1. The van der Waals surface area contributed by atoms with E-state index in [-0.39, 0.29) is 11.8 Å². The Morgan fingerprint density at radius 3 is 2.67 bits per heavy atom. The Kier molecular flexibility index (Phi) is 9.71. The number of benzene rings is 2. The summed E-state index contributed by atoms with van der Waals surface area (Å²) in [6, 6.07) is 17.4. The van der Waals surface area contributed by atoms with Crippen LogP contribution in [-0.4, -0.2) is 68.6 Å². The molecule has 0 radical (unpaired) electrons. The molecule has 2 aromatic carbocycles. The van der Waals surface area contributed by atoms with E-state index in [4.69, 9.17) is 10.00 Å². The Labute approximate surface area is 235 Å². The zero-order valence-electron chi connectivity index (χ0n) is 23.1. The number of likely N-dealkylation sites (tertiary alicyclic amines) is 1. The maximum atomic E-state index is 12.9. The third-order valence-corrected chi connectivity index (χ3v) is 7.31. The van der Waals surface area contributed by atoms with Gasteiger partial charge in [0, 0.05) is 36.7 Å². The van der Waals surface area contributed by atoms with Gasteiger partial charge in [0.05, 0.1) is 31.1 Å². The number of hydrogen-bond acceptors (Lipinski definition) is 7. The van der Waals surface area contributed by atoms with Gasteiger partial charge < -0.3 is 20.7 Å². The first-order chi connectivity index (χ1) is 19.4. The topological polar surface area (TPSA) is 119 Å². The van der Waals surface area contributed by atoms with Crippen LogP contribution in [0.2, 0.25) is 0 Å². The number of nitrogens with one attached hydrogen (secondary N) is 3. The number of aromatic nitrogens is 1. The fourth-order valence-corrected chi connectivity index (χ4v) is 4.96. The monoisotopic (exact) mass is 540 g/mol. The first-order valence-corrected chi connectivity index (χ1v) is 13.5. The summed E-state index contributed by atoms with van der Waals surface area (Å²) in [5.41, 5.74) is 3.11. The molecule has 9 heteroatoms. The van der Waals surface area contributed by atoms with Gasteiger partial charge in [0.1, 0.15) is 11.4 Å². The number of hydrogen-bond donors (Lipinski definition) is 3. The summed E-state index contributed by atoms with van der Waals surface area (Å²) in [5.74, 6) is 1.04. The number of fused-ring (bicyclic) bond motifs is 1. The lowest BCUT2D eigenvalue weighted by molar-refractivity contribution is -0.122. The number of pyridine rings is 1. The largest absolute Gasteiger partial charge is 0.495 e. The number of amides is 2. The second-order valence-electron chi connectivity index (χ2n) is 9.99. The van der Waals surface area contributed by atoms with E-state index in [0.29, 0.717) is 48.3 Å². The molecule has 2 heterocycles. The lowest BCUT2D eigenvalue weighted by Gasteiger charge is -2.31. The molecule has 3 N–H and O–H groups in total. The lowest BCUT2D eigenvalue weighted by Crippen LogP contribution is -2.41. The highest BCUT2D eigenvalue weighted by Gasteiger charge is 2.21. The van der Waals surface area contributed by atoms with Crippen molar-refractivity contribution in [2.24, 2.45) is 5.92 Å². The molecule has 0 atom stereocenters. The van der Waals surface area contributed by atoms with Crippen LogP contribution in [0.4, 0.5) is 5.69 Å². The molecule has 1 aliphatic rings. The molecule has 40 heavy (non-hydrogen) atoms. The number of carbonyl (C=O) groups is 2. The van der Waals surface area contributed by atoms with Gasteiger partial charge in [-0.15, -0.1) is 0 Å². The quantitative estimate of drug-likeness (QED) is 0.315. The number of rotatable bonds is 11. The van der Waals surface area contributed by atoms with Gasteiger partial charge in [-0.25, -0.2) is 4.98 Å². The van der Waals surface area contributed by atoms with E-state index in [1.54, 1.807) is 20.2 Å². The van der Waals surface area contributed by atoms with Crippen LogP contribution in [0.3, 0.4) is 0 Å². The van der Waals surface area contributed by atoms with E-state index in [1.807, 2.05) is 42.5 Å². The number of nitriles is 1. The maximum absolute atomic E-state index is 12.9. The summed E-state index contributed by atoms with van der Waals surface area (Å²) >= 11 is 0. The second kappa shape index (κ2) is 13.6. The molecule has 0 bridgehead atoms. The number of piperidine rings is 1. The van der Waals surface area contributed by atoms with Crippen molar-refractivity contribution in [3.63, 3.8) is 0 Å². The molecule has 0 unspecified atom stereocenters. The molecule has 1 aliphatic heterocycles. The van der Waals surface area contributed by atoms with Gasteiger partial charge in [-0.3, -0.25) is 14.5 Å². The van der Waals surface area contributed by atoms with E-state index >= 15 is 0 Å². The summed E-state index contributed by atoms with van der Waals surface area (Å²) in [4.78, 5) is 31.3. The van der Waals surface area contributed by atoms with Crippen LogP contribution < -0.4 is 20.7 Å². The molecular formula is C31H36N6O3. The summed E-state index contributed by atoms with van der Waals surface area (Å²) in [6.07, 6.45) is 2.95. The van der Waals surface area contributed by atoms with Gasteiger partial charge in [-0.2, -0.15) is 5.26 Å². The maximum Gasteiger partial charge on any atom is 0.269 e. The van der Waals surface area contributed by atoms with Crippen molar-refractivity contribution in [3.05, 3.63) is 66.4 Å². The second-order valence-corrected chi connectivity index (χ2v) is 9.99. The van der Waals surface area contributed by atoms with Crippen LogP contribution in [0.15, 0.2) is 60.7 Å². The number of methoxy groups -OCH3 is 1. The number of ether oxygens (including phenoxy) is 1. The molecule has 3 aromatic rings. The van der Waals surface area contributed by atoms with Gasteiger partial charge in [-0.05, 0) is 67.9 Å². The van der Waals surface area contributed by atoms with Crippen LogP contribution >= 0.6 is 0 Å². The first kappa shape index (κ1) is 28.6. The summed E-state index contributed by atoms with van der Waals surface area (Å²) in [6.45, 7) is 6.89. The van der Waals surface area contributed by atoms with E-state index in [1.165, 1.54) is 0 Å². The van der Waals surface area contributed by atoms with Crippen LogP contribution in [0, 0.1) is 17.2 Å². The van der Waals surface area contributed by atoms with Crippen molar-refractivity contribution in [2.75, 3.05) is 52.2 Å². The molecule has 1 aromatic heterocycles. The normalized spacial score (nSPS) is 13.8. The van der Waals surface area contributed by atoms with Crippen LogP contribution in [0.1, 0.15) is 29.8 Å². The van der Waals surface area contributed by atoms with Crippen molar-refractivity contribution in [1.29, 1.82) is 5.26 Å². The van der Waals surface area contributed by atoms with Crippen molar-refractivity contribution >= 4 is 28.3 Å². The fourth-order valence-electron chi connectivity index (χ4n) is 4.96. The molecule has 1 saturated heterocycles. The Morgan fingerprint density at radius 1 is 1.18 bits per heavy atom. The molecule has 2 amide bonds. The van der Waals surface area contributed by atoms with Gasteiger partial charge >= 0.3 is 0 Å². The summed E-state index contributed by atoms with van der Waals surface area (Å²) < 4.78 is 5.56. The standard InChI is InChI=1S/C31H36N6O3/c1-21(18-32)19-35-30-25-17-24(8-7-23(25)9-10-28(30)40-3)26-5-4-6-27(36-26)31(39)34-14-11-22-12-15-37(16-13-22)20-29(38)33-2/h4-10,17,22,35H,1,11-16,19-20H2,2-3H3,(H,33,38)(H,34,39). The van der Waals surface area contributed by atoms with Crippen molar-refractivity contribution < 1.29 is 14.3 Å². The van der Waals surface area contributed by atoms with E-state index in [2.05, 4.69) is 38.5 Å². The molecule has 1 fully saturated rings. The third kappa shape index (κ3) is 7.16. The molecular weight excluding hydrogens is 504 g/mol. The van der Waals surface area contributed by atoms with Crippen LogP contribution in [0.25, 0.3) is 22.0 Å². The predicted molar refractivity (Wildman–Crippen MR) is 157 cm³/mol. The molecule has 4 rings (SSSR count). The number of likely N-dealkylation sites (N-methyl/N-ethyl adjacent to an activating group) is 1. The van der Waals surface area contributed by atoms with E-state index in [9.17, 15) is 9.59 Å². The van der Waals surface area contributed by atoms with Crippen LogP contribution in [0.5, 0.6) is 5.75 Å².